The maximum Gasteiger partial charge on any atom is 0.223 e. The molecule has 1 aromatic carbocycles. The van der Waals surface area contributed by atoms with E-state index in [1.807, 2.05) is 7.05 Å². The Morgan fingerprint density at radius 3 is 2.54 bits per heavy atom. The minimum Gasteiger partial charge on any atom is -0.343 e. The molecule has 6 heteroatoms. The zero-order valence-electron chi connectivity index (χ0n) is 14.0. The molecule has 0 saturated carbocycles. The van der Waals surface area contributed by atoms with Crippen molar-refractivity contribution >= 4 is 11.7 Å². The van der Waals surface area contributed by atoms with E-state index in [0.29, 0.717) is 25.1 Å². The van der Waals surface area contributed by atoms with Crippen LogP contribution in [0.25, 0.3) is 0 Å². The van der Waals surface area contributed by atoms with E-state index in [1.54, 1.807) is 4.90 Å². The summed E-state index contributed by atoms with van der Waals surface area (Å²) >= 11 is 0. The highest BCUT2D eigenvalue weighted by Gasteiger charge is 2.23. The summed E-state index contributed by atoms with van der Waals surface area (Å²) in [6, 6.07) is 2.86. The zero-order valence-corrected chi connectivity index (χ0v) is 14.0. The number of hydrogen-bond donors (Lipinski definition) is 1. The molecule has 1 saturated heterocycles. The molecule has 0 unspecified atom stereocenters. The molecule has 4 nitrogen and oxygen atoms in total. The summed E-state index contributed by atoms with van der Waals surface area (Å²) in [5.41, 5.74) is -0.157. The number of carbonyl (C=O) groups excluding carboxylic acids is 2. The van der Waals surface area contributed by atoms with Gasteiger partial charge in [0.15, 0.2) is 5.78 Å². The van der Waals surface area contributed by atoms with Gasteiger partial charge in [0.1, 0.15) is 11.6 Å². The first-order valence-electron chi connectivity index (χ1n) is 8.42. The van der Waals surface area contributed by atoms with Gasteiger partial charge in [0, 0.05) is 32.0 Å². The quantitative estimate of drug-likeness (QED) is 0.778. The molecular formula is C18H24F2N2O2. The molecule has 0 radical (unpaired) electrons. The highest BCUT2D eigenvalue weighted by atomic mass is 19.1. The molecule has 1 amide bonds. The average molecular weight is 338 g/mol. The fourth-order valence-corrected chi connectivity index (χ4v) is 3.05. The Kier molecular flexibility index (Phi) is 6.85. The molecule has 0 aliphatic carbocycles. The van der Waals surface area contributed by atoms with Crippen LogP contribution in [-0.2, 0) is 4.79 Å². The number of benzene rings is 1. The maximum absolute atomic E-state index is 13.6. The first kappa shape index (κ1) is 18.5. The third kappa shape index (κ3) is 5.09. The highest BCUT2D eigenvalue weighted by molar-refractivity contribution is 5.98. The number of rotatable bonds is 7. The molecule has 0 aromatic heterocycles. The Morgan fingerprint density at radius 2 is 1.92 bits per heavy atom. The van der Waals surface area contributed by atoms with Crippen LogP contribution in [0.15, 0.2) is 18.2 Å². The summed E-state index contributed by atoms with van der Waals surface area (Å²) < 4.78 is 26.4. The number of likely N-dealkylation sites (tertiary alicyclic amines) is 1. The highest BCUT2D eigenvalue weighted by Crippen LogP contribution is 2.21. The standard InChI is InChI=1S/C18H24F2N2O2/c1-21-9-6-13-7-10-22(11-8-13)18(24)5-4-17(23)15-3-2-14(19)12-16(15)20/h2-3,12-13,21H,4-11H2,1H3. The first-order chi connectivity index (χ1) is 11.5. The fraction of sp³-hybridized carbons (Fsp3) is 0.556. The van der Waals surface area contributed by atoms with E-state index in [0.717, 1.165) is 37.9 Å². The van der Waals surface area contributed by atoms with E-state index < -0.39 is 17.4 Å². The van der Waals surface area contributed by atoms with Crippen LogP contribution in [0.5, 0.6) is 0 Å². The van der Waals surface area contributed by atoms with Gasteiger partial charge in [-0.15, -0.1) is 0 Å². The predicted molar refractivity (Wildman–Crippen MR) is 87.8 cm³/mol. The molecule has 1 aliphatic rings. The monoisotopic (exact) mass is 338 g/mol. The van der Waals surface area contributed by atoms with Crippen molar-refractivity contribution in [1.29, 1.82) is 0 Å². The second-order valence-electron chi connectivity index (χ2n) is 6.26. The van der Waals surface area contributed by atoms with Gasteiger partial charge >= 0.3 is 0 Å². The van der Waals surface area contributed by atoms with E-state index in [4.69, 9.17) is 0 Å². The minimum absolute atomic E-state index is 0.0545. The number of amides is 1. The fourth-order valence-electron chi connectivity index (χ4n) is 3.05. The molecule has 0 bridgehead atoms. The van der Waals surface area contributed by atoms with Gasteiger partial charge < -0.3 is 10.2 Å². The number of nitrogens with one attached hydrogen (secondary N) is 1. The van der Waals surface area contributed by atoms with Gasteiger partial charge in [0.05, 0.1) is 5.56 Å². The Hall–Kier alpha value is -1.82. The van der Waals surface area contributed by atoms with Crippen molar-refractivity contribution in [2.24, 2.45) is 5.92 Å². The van der Waals surface area contributed by atoms with Crippen LogP contribution in [-0.4, -0.2) is 43.3 Å². The molecule has 0 atom stereocenters. The molecule has 1 N–H and O–H groups in total. The van der Waals surface area contributed by atoms with Crippen LogP contribution in [0.3, 0.4) is 0 Å². The molecule has 1 fully saturated rings. The molecule has 1 aliphatic heterocycles. The number of halogens is 2. The molecule has 2 rings (SSSR count). The molecule has 0 spiro atoms. The normalized spacial score (nSPS) is 15.5. The Balaban J connectivity index is 1.78. The van der Waals surface area contributed by atoms with Gasteiger partial charge in [0.25, 0.3) is 0 Å². The number of Topliss-reactive ketones (excluding diaryl/α,β-unsaturated/α-hetero) is 1. The first-order valence-corrected chi connectivity index (χ1v) is 8.42. The van der Waals surface area contributed by atoms with Crippen LogP contribution >= 0.6 is 0 Å². The lowest BCUT2D eigenvalue weighted by atomic mass is 9.93. The van der Waals surface area contributed by atoms with Crippen molar-refractivity contribution in [3.8, 4) is 0 Å². The van der Waals surface area contributed by atoms with E-state index in [1.165, 1.54) is 0 Å². The van der Waals surface area contributed by atoms with Crippen molar-refractivity contribution in [3.63, 3.8) is 0 Å². The molecule has 24 heavy (non-hydrogen) atoms. The Labute approximate surface area is 141 Å². The second kappa shape index (κ2) is 8.87. The van der Waals surface area contributed by atoms with Crippen LogP contribution in [0.2, 0.25) is 0 Å². The van der Waals surface area contributed by atoms with Crippen molar-refractivity contribution in [3.05, 3.63) is 35.4 Å². The summed E-state index contributed by atoms with van der Waals surface area (Å²) in [6.07, 6.45) is 3.08. The van der Waals surface area contributed by atoms with Gasteiger partial charge in [-0.05, 0) is 50.9 Å². The number of nitrogens with zero attached hydrogens (tertiary/aromatic N) is 1. The zero-order chi connectivity index (χ0) is 17.5. The molecule has 1 heterocycles. The third-order valence-electron chi connectivity index (χ3n) is 4.57. The van der Waals surface area contributed by atoms with E-state index in [-0.39, 0.29) is 24.3 Å². The lowest BCUT2D eigenvalue weighted by molar-refractivity contribution is -0.132. The smallest absolute Gasteiger partial charge is 0.223 e. The molecular weight excluding hydrogens is 314 g/mol. The van der Waals surface area contributed by atoms with Gasteiger partial charge in [-0.3, -0.25) is 9.59 Å². The van der Waals surface area contributed by atoms with Gasteiger partial charge in [-0.2, -0.15) is 0 Å². The Morgan fingerprint density at radius 1 is 1.21 bits per heavy atom. The third-order valence-corrected chi connectivity index (χ3v) is 4.57. The summed E-state index contributed by atoms with van der Waals surface area (Å²) in [5.74, 6) is -1.50. The van der Waals surface area contributed by atoms with Crippen LogP contribution in [0.1, 0.15) is 42.5 Å². The second-order valence-corrected chi connectivity index (χ2v) is 6.26. The number of carbonyl (C=O) groups is 2. The predicted octanol–water partition coefficient (Wildman–Crippen LogP) is 2.78. The number of ketones is 1. The molecule has 132 valence electrons. The lowest BCUT2D eigenvalue weighted by Crippen LogP contribution is -2.39. The van der Waals surface area contributed by atoms with Gasteiger partial charge in [0.2, 0.25) is 5.91 Å². The summed E-state index contributed by atoms with van der Waals surface area (Å²) in [4.78, 5) is 26.0. The Bertz CT molecular complexity index is 584. The summed E-state index contributed by atoms with van der Waals surface area (Å²) in [6.45, 7) is 2.41. The van der Waals surface area contributed by atoms with Crippen molar-refractivity contribution in [2.45, 2.75) is 32.1 Å². The van der Waals surface area contributed by atoms with Crippen molar-refractivity contribution in [2.75, 3.05) is 26.7 Å². The van der Waals surface area contributed by atoms with Gasteiger partial charge in [-0.25, -0.2) is 8.78 Å². The van der Waals surface area contributed by atoms with E-state index in [9.17, 15) is 18.4 Å². The topological polar surface area (TPSA) is 49.4 Å². The van der Waals surface area contributed by atoms with Crippen molar-refractivity contribution in [1.82, 2.24) is 10.2 Å². The lowest BCUT2D eigenvalue weighted by Gasteiger charge is -2.32. The minimum atomic E-state index is -0.877. The number of hydrogen-bond acceptors (Lipinski definition) is 3. The van der Waals surface area contributed by atoms with Crippen LogP contribution < -0.4 is 5.32 Å². The SMILES string of the molecule is CNCCC1CCN(C(=O)CCC(=O)c2ccc(F)cc2F)CC1. The van der Waals surface area contributed by atoms with Crippen LogP contribution in [0.4, 0.5) is 8.78 Å². The maximum atomic E-state index is 13.6. The van der Waals surface area contributed by atoms with E-state index >= 15 is 0 Å². The van der Waals surface area contributed by atoms with Crippen molar-refractivity contribution < 1.29 is 18.4 Å². The number of piperidine rings is 1. The summed E-state index contributed by atoms with van der Waals surface area (Å²) in [7, 11) is 1.93. The molecule has 1 aromatic rings. The largest absolute Gasteiger partial charge is 0.343 e. The van der Waals surface area contributed by atoms with Crippen LogP contribution in [0, 0.1) is 17.6 Å². The average Bonchev–Trinajstić information content (AvgIpc) is 2.58. The van der Waals surface area contributed by atoms with Gasteiger partial charge in [-0.1, -0.05) is 0 Å². The van der Waals surface area contributed by atoms with E-state index in [2.05, 4.69) is 5.32 Å². The summed E-state index contributed by atoms with van der Waals surface area (Å²) in [5, 5.41) is 3.13.